The highest BCUT2D eigenvalue weighted by Crippen LogP contribution is 2.21. The Morgan fingerprint density at radius 2 is 2.03 bits per heavy atom. The lowest BCUT2D eigenvalue weighted by molar-refractivity contribution is -0.119. The van der Waals surface area contributed by atoms with Gasteiger partial charge in [0.1, 0.15) is 0 Å². The Bertz CT molecular complexity index is 1060. The molecule has 6 nitrogen and oxygen atoms in total. The molecule has 3 rings (SSSR count). The molecular weight excluding hydrogens is 410 g/mol. The Morgan fingerprint density at radius 1 is 1.28 bits per heavy atom. The lowest BCUT2D eigenvalue weighted by atomic mass is 10.1. The van der Waals surface area contributed by atoms with Gasteiger partial charge in [0.2, 0.25) is 5.91 Å². The minimum atomic E-state index is -0.177. The van der Waals surface area contributed by atoms with E-state index < -0.39 is 0 Å². The topological polar surface area (TPSA) is 73.2 Å². The minimum Gasteiger partial charge on any atom is -0.383 e. The molecule has 1 amide bonds. The second kappa shape index (κ2) is 9.91. The van der Waals surface area contributed by atoms with Crippen LogP contribution in [0, 0.1) is 0 Å². The van der Waals surface area contributed by atoms with E-state index in [0.717, 1.165) is 5.56 Å². The summed E-state index contributed by atoms with van der Waals surface area (Å²) in [4.78, 5) is 29.9. The molecule has 0 fully saturated rings. The first-order valence-electron chi connectivity index (χ1n) is 9.15. The van der Waals surface area contributed by atoms with E-state index in [9.17, 15) is 9.59 Å². The van der Waals surface area contributed by atoms with Gasteiger partial charge in [-0.15, -0.1) is 0 Å². The first kappa shape index (κ1) is 21.4. The number of ether oxygens (including phenoxy) is 1. The van der Waals surface area contributed by atoms with Gasteiger partial charge in [-0.3, -0.25) is 14.2 Å². The molecular formula is C21H22ClN3O3S. The molecule has 1 atom stereocenters. The minimum absolute atomic E-state index is 0.108. The standard InChI is InChI=1S/C21H22ClN3O3S/c1-14(15-6-4-3-5-7-15)23-19(26)13-29-21-24-18-12-16(22)8-9-17(18)20(27)25(21)10-11-28-2/h3-9,12,14H,10-11,13H2,1-2H3,(H,23,26). The first-order chi connectivity index (χ1) is 14.0. The van der Waals surface area contributed by atoms with E-state index in [4.69, 9.17) is 16.3 Å². The fourth-order valence-corrected chi connectivity index (χ4v) is 3.90. The molecule has 1 heterocycles. The molecule has 0 saturated heterocycles. The number of carbonyl (C=O) groups excluding carboxylic acids is 1. The maximum Gasteiger partial charge on any atom is 0.262 e. The summed E-state index contributed by atoms with van der Waals surface area (Å²) in [5, 5.41) is 4.42. The third-order valence-corrected chi connectivity index (χ3v) is 5.62. The summed E-state index contributed by atoms with van der Waals surface area (Å²) in [5.41, 5.74) is 1.36. The number of methoxy groups -OCH3 is 1. The zero-order valence-corrected chi connectivity index (χ0v) is 17.8. The van der Waals surface area contributed by atoms with E-state index in [-0.39, 0.29) is 23.3 Å². The van der Waals surface area contributed by atoms with Crippen LogP contribution in [0.5, 0.6) is 0 Å². The molecule has 3 aromatic rings. The van der Waals surface area contributed by atoms with Crippen molar-refractivity contribution in [1.82, 2.24) is 14.9 Å². The van der Waals surface area contributed by atoms with Crippen molar-refractivity contribution in [3.63, 3.8) is 0 Å². The van der Waals surface area contributed by atoms with E-state index in [1.165, 1.54) is 16.3 Å². The molecule has 0 aliphatic rings. The van der Waals surface area contributed by atoms with Crippen molar-refractivity contribution >= 4 is 40.2 Å². The van der Waals surface area contributed by atoms with E-state index in [1.807, 2.05) is 37.3 Å². The van der Waals surface area contributed by atoms with Gasteiger partial charge in [0.15, 0.2) is 5.16 Å². The fourth-order valence-electron chi connectivity index (χ4n) is 2.90. The Hall–Kier alpha value is -2.35. The van der Waals surface area contributed by atoms with Crippen molar-refractivity contribution in [2.45, 2.75) is 24.7 Å². The maximum absolute atomic E-state index is 12.9. The molecule has 8 heteroatoms. The molecule has 0 radical (unpaired) electrons. The zero-order valence-electron chi connectivity index (χ0n) is 16.2. The van der Waals surface area contributed by atoms with Gasteiger partial charge in [-0.25, -0.2) is 4.98 Å². The maximum atomic E-state index is 12.9. The summed E-state index contributed by atoms with van der Waals surface area (Å²) in [6.07, 6.45) is 0. The van der Waals surface area contributed by atoms with Gasteiger partial charge in [-0.2, -0.15) is 0 Å². The molecule has 29 heavy (non-hydrogen) atoms. The predicted octanol–water partition coefficient (Wildman–Crippen LogP) is 3.67. The van der Waals surface area contributed by atoms with E-state index in [0.29, 0.717) is 34.2 Å². The molecule has 0 aliphatic carbocycles. The van der Waals surface area contributed by atoms with Crippen molar-refractivity contribution in [1.29, 1.82) is 0 Å². The summed E-state index contributed by atoms with van der Waals surface area (Å²) >= 11 is 7.27. The van der Waals surface area contributed by atoms with Crippen LogP contribution >= 0.6 is 23.4 Å². The molecule has 1 unspecified atom stereocenters. The van der Waals surface area contributed by atoms with E-state index >= 15 is 0 Å². The third kappa shape index (κ3) is 5.38. The zero-order chi connectivity index (χ0) is 20.8. The number of fused-ring (bicyclic) bond motifs is 1. The number of aromatic nitrogens is 2. The highest BCUT2D eigenvalue weighted by molar-refractivity contribution is 7.99. The van der Waals surface area contributed by atoms with Crippen LogP contribution in [0.15, 0.2) is 58.5 Å². The molecule has 2 aromatic carbocycles. The fraction of sp³-hybridized carbons (Fsp3) is 0.286. The highest BCUT2D eigenvalue weighted by Gasteiger charge is 2.15. The number of benzene rings is 2. The lowest BCUT2D eigenvalue weighted by Crippen LogP contribution is -2.29. The molecule has 0 bridgehead atoms. The number of hydrogen-bond acceptors (Lipinski definition) is 5. The number of amides is 1. The first-order valence-corrected chi connectivity index (χ1v) is 10.5. The molecule has 152 valence electrons. The number of rotatable bonds is 8. The van der Waals surface area contributed by atoms with Crippen molar-refractivity contribution in [3.8, 4) is 0 Å². The lowest BCUT2D eigenvalue weighted by Gasteiger charge is -2.15. The second-order valence-electron chi connectivity index (χ2n) is 6.49. The van der Waals surface area contributed by atoms with Crippen LogP contribution in [0.2, 0.25) is 5.02 Å². The number of thioether (sulfide) groups is 1. The summed E-state index contributed by atoms with van der Waals surface area (Å²) in [5.74, 6) is 0.00735. The van der Waals surface area contributed by atoms with Crippen LogP contribution in [0.3, 0.4) is 0 Å². The second-order valence-corrected chi connectivity index (χ2v) is 7.87. The molecule has 1 N–H and O–H groups in total. The Morgan fingerprint density at radius 3 is 2.76 bits per heavy atom. The third-order valence-electron chi connectivity index (χ3n) is 4.41. The number of carbonyl (C=O) groups is 1. The smallest absolute Gasteiger partial charge is 0.262 e. The predicted molar refractivity (Wildman–Crippen MR) is 117 cm³/mol. The van der Waals surface area contributed by atoms with E-state index in [1.54, 1.807) is 25.3 Å². The summed E-state index contributed by atoms with van der Waals surface area (Å²) in [6.45, 7) is 2.65. The number of nitrogens with one attached hydrogen (secondary N) is 1. The summed E-state index contributed by atoms with van der Waals surface area (Å²) in [6, 6.07) is 14.6. The van der Waals surface area contributed by atoms with Crippen molar-refractivity contribution in [3.05, 3.63) is 69.5 Å². The molecule has 0 aliphatic heterocycles. The Labute approximate surface area is 178 Å². The van der Waals surface area contributed by atoms with Gasteiger partial charge in [0, 0.05) is 12.1 Å². The normalized spacial score (nSPS) is 12.1. The molecule has 0 spiro atoms. The summed E-state index contributed by atoms with van der Waals surface area (Å²) in [7, 11) is 1.57. The number of hydrogen-bond donors (Lipinski definition) is 1. The average molecular weight is 432 g/mol. The number of nitrogens with zero attached hydrogens (tertiary/aromatic N) is 2. The van der Waals surface area contributed by atoms with Gasteiger partial charge in [0.25, 0.3) is 5.56 Å². The highest BCUT2D eigenvalue weighted by atomic mass is 35.5. The van der Waals surface area contributed by atoms with Gasteiger partial charge >= 0.3 is 0 Å². The van der Waals surface area contributed by atoms with Gasteiger partial charge < -0.3 is 10.1 Å². The average Bonchev–Trinajstić information content (AvgIpc) is 2.72. The summed E-state index contributed by atoms with van der Waals surface area (Å²) < 4.78 is 6.66. The van der Waals surface area contributed by atoms with Crippen molar-refractivity contribution < 1.29 is 9.53 Å². The van der Waals surface area contributed by atoms with Gasteiger partial charge in [-0.05, 0) is 30.7 Å². The van der Waals surface area contributed by atoms with Crippen molar-refractivity contribution in [2.75, 3.05) is 19.5 Å². The number of halogens is 1. The van der Waals surface area contributed by atoms with Crippen LogP contribution < -0.4 is 10.9 Å². The van der Waals surface area contributed by atoms with Gasteiger partial charge in [-0.1, -0.05) is 53.7 Å². The SMILES string of the molecule is COCCn1c(SCC(=O)NC(C)c2ccccc2)nc2cc(Cl)ccc2c1=O. The quantitative estimate of drug-likeness (QED) is 0.435. The van der Waals surface area contributed by atoms with Crippen LogP contribution in [0.1, 0.15) is 18.5 Å². The van der Waals surface area contributed by atoms with Crippen LogP contribution in [0.4, 0.5) is 0 Å². The van der Waals surface area contributed by atoms with E-state index in [2.05, 4.69) is 10.3 Å². The molecule has 0 saturated carbocycles. The van der Waals surface area contributed by atoms with Gasteiger partial charge in [0.05, 0.1) is 35.8 Å². The van der Waals surface area contributed by atoms with Crippen LogP contribution in [-0.4, -0.2) is 34.9 Å². The van der Waals surface area contributed by atoms with Crippen molar-refractivity contribution in [2.24, 2.45) is 0 Å². The van der Waals surface area contributed by atoms with Crippen LogP contribution in [0.25, 0.3) is 10.9 Å². The molecule has 1 aromatic heterocycles. The van der Waals surface area contributed by atoms with Crippen LogP contribution in [-0.2, 0) is 16.1 Å². The Kier molecular flexibility index (Phi) is 7.30. The Balaban J connectivity index is 1.79. The largest absolute Gasteiger partial charge is 0.383 e. The monoisotopic (exact) mass is 431 g/mol.